The summed E-state index contributed by atoms with van der Waals surface area (Å²) in [6.45, 7) is 5.25. The van der Waals surface area contributed by atoms with E-state index in [1.807, 2.05) is 19.3 Å². The summed E-state index contributed by atoms with van der Waals surface area (Å²) in [4.78, 5) is 10.9. The van der Waals surface area contributed by atoms with Crippen molar-refractivity contribution in [3.63, 3.8) is 0 Å². The van der Waals surface area contributed by atoms with Gasteiger partial charge in [-0.25, -0.2) is 0 Å². The van der Waals surface area contributed by atoms with Crippen LogP contribution in [0.2, 0.25) is 0 Å². The number of allylic oxidation sites excluding steroid dienone is 2. The average Bonchev–Trinajstić information content (AvgIpc) is 2.48. The van der Waals surface area contributed by atoms with Crippen LogP contribution in [-0.4, -0.2) is 19.0 Å². The van der Waals surface area contributed by atoms with Crippen molar-refractivity contribution in [1.82, 2.24) is 10.6 Å². The van der Waals surface area contributed by atoms with Crippen LogP contribution < -0.4 is 10.6 Å². The van der Waals surface area contributed by atoms with Gasteiger partial charge in [0.15, 0.2) is 0 Å². The molecule has 0 saturated heterocycles. The normalized spacial score (nSPS) is 25.6. The predicted octanol–water partition coefficient (Wildman–Crippen LogP) is 1.50. The monoisotopic (exact) mass is 206 g/mol. The van der Waals surface area contributed by atoms with Crippen LogP contribution in [0, 0.1) is 0 Å². The van der Waals surface area contributed by atoms with Gasteiger partial charge in [-0.2, -0.15) is 0 Å². The smallest absolute Gasteiger partial charge is 0.217 e. The van der Waals surface area contributed by atoms with Crippen molar-refractivity contribution >= 4 is 5.91 Å². The van der Waals surface area contributed by atoms with Crippen LogP contribution >= 0.6 is 0 Å². The quantitative estimate of drug-likeness (QED) is 0.734. The summed E-state index contributed by atoms with van der Waals surface area (Å²) in [5.74, 6) is 0.0312. The number of hydrogen-bond donors (Lipinski definition) is 2. The van der Waals surface area contributed by atoms with Gasteiger partial charge < -0.3 is 10.6 Å². The molecule has 0 spiro atoms. The number of carbonyl (C=O) groups excluding carboxylic acids is 1. The molecule has 1 fully saturated rings. The Morgan fingerprint density at radius 3 is 2.67 bits per heavy atom. The third-order valence-corrected chi connectivity index (χ3v) is 2.39. The van der Waals surface area contributed by atoms with Gasteiger partial charge in [0, 0.05) is 20.0 Å². The predicted molar refractivity (Wildman–Crippen MR) is 62.3 cm³/mol. The molecule has 1 saturated carbocycles. The standard InChI is InChI=1S/C12H18N2O/c1-4-5-10-6-12(14-9(2)15)7-11(10)8-13-3/h4-5,8,12-13H,1,6-7H2,2-3H3,(H,14,15)/b10-5-,11-8-. The summed E-state index contributed by atoms with van der Waals surface area (Å²) in [7, 11) is 1.88. The van der Waals surface area contributed by atoms with E-state index >= 15 is 0 Å². The zero-order chi connectivity index (χ0) is 11.3. The van der Waals surface area contributed by atoms with Gasteiger partial charge in [-0.1, -0.05) is 18.7 Å². The molecule has 0 aromatic rings. The van der Waals surface area contributed by atoms with Gasteiger partial charge in [0.1, 0.15) is 0 Å². The fraction of sp³-hybridized carbons (Fsp3) is 0.417. The summed E-state index contributed by atoms with van der Waals surface area (Å²) in [6.07, 6.45) is 7.55. The molecule has 15 heavy (non-hydrogen) atoms. The Morgan fingerprint density at radius 1 is 1.47 bits per heavy atom. The lowest BCUT2D eigenvalue weighted by molar-refractivity contribution is -0.119. The lowest BCUT2D eigenvalue weighted by Gasteiger charge is -2.07. The lowest BCUT2D eigenvalue weighted by atomic mass is 10.1. The van der Waals surface area contributed by atoms with Gasteiger partial charge in [0.2, 0.25) is 5.91 Å². The van der Waals surface area contributed by atoms with Crippen molar-refractivity contribution in [2.45, 2.75) is 25.8 Å². The van der Waals surface area contributed by atoms with Crippen LogP contribution in [0.1, 0.15) is 19.8 Å². The molecule has 0 heterocycles. The molecule has 3 nitrogen and oxygen atoms in total. The molecule has 82 valence electrons. The van der Waals surface area contributed by atoms with Gasteiger partial charge in [0.05, 0.1) is 0 Å². The van der Waals surface area contributed by atoms with Crippen LogP contribution in [0.15, 0.2) is 36.1 Å². The Balaban J connectivity index is 2.73. The first-order valence-electron chi connectivity index (χ1n) is 5.12. The molecule has 0 radical (unpaired) electrons. The van der Waals surface area contributed by atoms with Crippen molar-refractivity contribution in [2.24, 2.45) is 0 Å². The Bertz CT molecular complexity index is 316. The molecule has 0 bridgehead atoms. The molecule has 1 atom stereocenters. The Morgan fingerprint density at radius 2 is 2.13 bits per heavy atom. The van der Waals surface area contributed by atoms with E-state index in [4.69, 9.17) is 0 Å². The molecule has 1 aliphatic carbocycles. The molecule has 0 aliphatic heterocycles. The Kier molecular flexibility index (Phi) is 4.16. The second-order valence-corrected chi connectivity index (χ2v) is 3.69. The van der Waals surface area contributed by atoms with E-state index in [1.165, 1.54) is 11.1 Å². The highest BCUT2D eigenvalue weighted by atomic mass is 16.1. The van der Waals surface area contributed by atoms with E-state index in [2.05, 4.69) is 17.2 Å². The molecule has 3 heteroatoms. The fourth-order valence-electron chi connectivity index (χ4n) is 1.90. The summed E-state index contributed by atoms with van der Waals surface area (Å²) in [5, 5.41) is 5.96. The number of amides is 1. The highest BCUT2D eigenvalue weighted by molar-refractivity contribution is 5.73. The summed E-state index contributed by atoms with van der Waals surface area (Å²) in [6, 6.07) is 0.230. The molecule has 1 amide bonds. The third kappa shape index (κ3) is 3.27. The van der Waals surface area contributed by atoms with Crippen molar-refractivity contribution in [3.05, 3.63) is 36.1 Å². The number of rotatable bonds is 3. The van der Waals surface area contributed by atoms with Crippen molar-refractivity contribution in [1.29, 1.82) is 0 Å². The first-order valence-corrected chi connectivity index (χ1v) is 5.12. The van der Waals surface area contributed by atoms with E-state index in [-0.39, 0.29) is 11.9 Å². The Labute approximate surface area is 90.9 Å². The van der Waals surface area contributed by atoms with Crippen LogP contribution in [0.5, 0.6) is 0 Å². The zero-order valence-electron chi connectivity index (χ0n) is 9.34. The minimum absolute atomic E-state index is 0.0312. The average molecular weight is 206 g/mol. The molecular formula is C12H18N2O. The van der Waals surface area contributed by atoms with E-state index in [9.17, 15) is 4.79 Å². The second kappa shape index (κ2) is 5.39. The molecule has 1 rings (SSSR count). The van der Waals surface area contributed by atoms with Gasteiger partial charge in [-0.05, 0) is 30.2 Å². The van der Waals surface area contributed by atoms with Gasteiger partial charge in [0.25, 0.3) is 0 Å². The minimum Gasteiger partial charge on any atom is -0.394 e. The first-order chi connectivity index (χ1) is 7.17. The van der Waals surface area contributed by atoms with Gasteiger partial charge >= 0.3 is 0 Å². The molecule has 0 aromatic carbocycles. The van der Waals surface area contributed by atoms with E-state index in [1.54, 1.807) is 13.0 Å². The molecule has 1 unspecified atom stereocenters. The highest BCUT2D eigenvalue weighted by Gasteiger charge is 2.23. The maximum Gasteiger partial charge on any atom is 0.217 e. The summed E-state index contributed by atoms with van der Waals surface area (Å²) in [5.41, 5.74) is 2.49. The van der Waals surface area contributed by atoms with E-state index in [0.717, 1.165) is 12.8 Å². The first kappa shape index (κ1) is 11.6. The zero-order valence-corrected chi connectivity index (χ0v) is 9.34. The van der Waals surface area contributed by atoms with Crippen LogP contribution in [0.4, 0.5) is 0 Å². The minimum atomic E-state index is 0.0312. The molecular weight excluding hydrogens is 188 g/mol. The maximum absolute atomic E-state index is 10.9. The Hall–Kier alpha value is -1.51. The van der Waals surface area contributed by atoms with Crippen LogP contribution in [0.25, 0.3) is 0 Å². The van der Waals surface area contributed by atoms with Gasteiger partial charge in [-0.3, -0.25) is 4.79 Å². The lowest BCUT2D eigenvalue weighted by Crippen LogP contribution is -2.30. The van der Waals surface area contributed by atoms with Crippen LogP contribution in [0.3, 0.4) is 0 Å². The molecule has 1 aliphatic rings. The van der Waals surface area contributed by atoms with E-state index in [0.29, 0.717) is 0 Å². The second-order valence-electron chi connectivity index (χ2n) is 3.69. The van der Waals surface area contributed by atoms with Crippen molar-refractivity contribution in [3.8, 4) is 0 Å². The third-order valence-electron chi connectivity index (χ3n) is 2.39. The SMILES string of the molecule is C=C/C=C1/CC(NC(C)=O)C/C1=C/NC. The largest absolute Gasteiger partial charge is 0.394 e. The van der Waals surface area contributed by atoms with E-state index < -0.39 is 0 Å². The molecule has 2 N–H and O–H groups in total. The number of hydrogen-bond acceptors (Lipinski definition) is 2. The van der Waals surface area contributed by atoms with Crippen molar-refractivity contribution < 1.29 is 4.79 Å². The number of carbonyl (C=O) groups is 1. The summed E-state index contributed by atoms with van der Waals surface area (Å²) >= 11 is 0. The fourth-order valence-corrected chi connectivity index (χ4v) is 1.90. The van der Waals surface area contributed by atoms with Gasteiger partial charge in [-0.15, -0.1) is 0 Å². The highest BCUT2D eigenvalue weighted by Crippen LogP contribution is 2.30. The molecule has 0 aromatic heterocycles. The van der Waals surface area contributed by atoms with Crippen LogP contribution in [-0.2, 0) is 4.79 Å². The maximum atomic E-state index is 10.9. The number of nitrogens with one attached hydrogen (secondary N) is 2. The van der Waals surface area contributed by atoms with Crippen molar-refractivity contribution in [2.75, 3.05) is 7.05 Å². The topological polar surface area (TPSA) is 41.1 Å². The summed E-state index contributed by atoms with van der Waals surface area (Å²) < 4.78 is 0.